The topological polar surface area (TPSA) is 62.7 Å². The second-order valence-corrected chi connectivity index (χ2v) is 7.82. The minimum absolute atomic E-state index is 0.0737. The fourth-order valence-corrected chi connectivity index (χ4v) is 4.95. The van der Waals surface area contributed by atoms with Gasteiger partial charge in [-0.05, 0) is 48.7 Å². The molecule has 0 aliphatic carbocycles. The zero-order chi connectivity index (χ0) is 16.3. The number of methoxy groups -OCH3 is 1. The first-order chi connectivity index (χ1) is 11.1. The Kier molecular flexibility index (Phi) is 4.81. The zero-order valence-corrected chi connectivity index (χ0v) is 14.0. The third kappa shape index (κ3) is 3.32. The second kappa shape index (κ2) is 6.83. The molecule has 3 rings (SSSR count). The highest BCUT2D eigenvalue weighted by Gasteiger charge is 2.38. The van der Waals surface area contributed by atoms with Gasteiger partial charge < -0.3 is 9.63 Å². The van der Waals surface area contributed by atoms with Gasteiger partial charge in [-0.3, -0.25) is 9.55 Å². The summed E-state index contributed by atoms with van der Waals surface area (Å²) in [5, 5.41) is 0.439. The number of piperidine rings is 1. The highest BCUT2D eigenvalue weighted by molar-refractivity contribution is 7.63. The van der Waals surface area contributed by atoms with Crippen LogP contribution in [0.2, 0.25) is 0 Å². The predicted molar refractivity (Wildman–Crippen MR) is 90.0 cm³/mol. The van der Waals surface area contributed by atoms with Crippen molar-refractivity contribution in [1.29, 1.82) is 0 Å². The van der Waals surface area contributed by atoms with Crippen molar-refractivity contribution in [2.45, 2.75) is 25.3 Å². The summed E-state index contributed by atoms with van der Waals surface area (Å²) in [6.07, 6.45) is 6.36. The molecule has 2 aromatic rings. The summed E-state index contributed by atoms with van der Waals surface area (Å²) in [5.41, 5.74) is 0.995. The van der Waals surface area contributed by atoms with Crippen molar-refractivity contribution in [3.05, 3.63) is 54.4 Å². The summed E-state index contributed by atoms with van der Waals surface area (Å²) in [6.45, 7) is 0.610. The van der Waals surface area contributed by atoms with Gasteiger partial charge in [-0.25, -0.2) is 4.67 Å². The standard InChI is InChI=1S/C17H21N2O3P/c1-22-15-7-9-16(10-8-15)23(20,21)19-12-3-2-6-17(19)14-5-4-11-18-13-14/h4-5,7-11,13,17H,2-3,6,12H2,1H3,(H,20,21)/t17-/m1/s1. The van der Waals surface area contributed by atoms with Crippen LogP contribution in [0.1, 0.15) is 30.9 Å². The number of benzene rings is 1. The fraction of sp³-hybridized carbons (Fsp3) is 0.353. The molecule has 0 saturated carbocycles. The molecule has 1 aromatic carbocycles. The third-order valence-corrected chi connectivity index (χ3v) is 6.45. The van der Waals surface area contributed by atoms with Crippen LogP contribution in [0.15, 0.2) is 48.8 Å². The van der Waals surface area contributed by atoms with Crippen molar-refractivity contribution in [2.75, 3.05) is 13.7 Å². The SMILES string of the molecule is COc1ccc(P(=O)(O)N2CCCC[C@@H]2c2cccnc2)cc1. The smallest absolute Gasteiger partial charge is 0.300 e. The van der Waals surface area contributed by atoms with Crippen molar-refractivity contribution in [2.24, 2.45) is 0 Å². The van der Waals surface area contributed by atoms with Gasteiger partial charge in [-0.2, -0.15) is 0 Å². The second-order valence-electron chi connectivity index (χ2n) is 5.70. The van der Waals surface area contributed by atoms with Crippen LogP contribution in [0, 0.1) is 0 Å². The average molecular weight is 332 g/mol. The van der Waals surface area contributed by atoms with Gasteiger partial charge in [0.25, 0.3) is 7.52 Å². The molecular formula is C17H21N2O3P. The minimum Gasteiger partial charge on any atom is -0.497 e. The van der Waals surface area contributed by atoms with Gasteiger partial charge in [-0.15, -0.1) is 0 Å². The van der Waals surface area contributed by atoms with Gasteiger partial charge in [0.15, 0.2) is 0 Å². The summed E-state index contributed by atoms with van der Waals surface area (Å²) in [4.78, 5) is 15.0. The van der Waals surface area contributed by atoms with E-state index >= 15 is 0 Å². The number of aromatic nitrogens is 1. The van der Waals surface area contributed by atoms with Crippen molar-refractivity contribution in [3.8, 4) is 5.75 Å². The van der Waals surface area contributed by atoms with Crippen molar-refractivity contribution >= 4 is 12.8 Å². The van der Waals surface area contributed by atoms with E-state index in [0.29, 0.717) is 17.6 Å². The lowest BCUT2D eigenvalue weighted by Gasteiger charge is -2.38. The quantitative estimate of drug-likeness (QED) is 0.872. The molecular weight excluding hydrogens is 311 g/mol. The first-order valence-corrected chi connectivity index (χ1v) is 9.38. The zero-order valence-electron chi connectivity index (χ0n) is 13.1. The molecule has 1 unspecified atom stereocenters. The molecule has 6 heteroatoms. The Bertz CT molecular complexity index is 691. The first-order valence-electron chi connectivity index (χ1n) is 7.77. The van der Waals surface area contributed by atoms with E-state index in [9.17, 15) is 9.46 Å². The molecule has 122 valence electrons. The molecule has 1 aliphatic rings. The predicted octanol–water partition coefficient (Wildman–Crippen LogP) is 3.13. The van der Waals surface area contributed by atoms with Crippen LogP contribution in [0.25, 0.3) is 0 Å². The Morgan fingerprint density at radius 2 is 2.04 bits per heavy atom. The summed E-state index contributed by atoms with van der Waals surface area (Å²) in [5.74, 6) is 0.677. The van der Waals surface area contributed by atoms with E-state index in [4.69, 9.17) is 4.74 Å². The summed E-state index contributed by atoms with van der Waals surface area (Å²) in [6, 6.07) is 10.6. The van der Waals surface area contributed by atoms with Crippen molar-refractivity contribution in [1.82, 2.24) is 9.65 Å². The van der Waals surface area contributed by atoms with Crippen LogP contribution < -0.4 is 10.0 Å². The van der Waals surface area contributed by atoms with Crippen LogP contribution >= 0.6 is 7.52 Å². The molecule has 1 saturated heterocycles. The van der Waals surface area contributed by atoms with E-state index in [1.807, 2.05) is 12.1 Å². The van der Waals surface area contributed by atoms with E-state index in [1.165, 1.54) is 0 Å². The number of hydrogen-bond acceptors (Lipinski definition) is 3. The van der Waals surface area contributed by atoms with Gasteiger partial charge in [0, 0.05) is 25.0 Å². The molecule has 0 radical (unpaired) electrons. The van der Waals surface area contributed by atoms with Crippen LogP contribution in [0.3, 0.4) is 0 Å². The molecule has 0 bridgehead atoms. The maximum absolute atomic E-state index is 13.2. The van der Waals surface area contributed by atoms with E-state index in [1.54, 1.807) is 48.4 Å². The molecule has 1 aromatic heterocycles. The highest BCUT2D eigenvalue weighted by atomic mass is 31.2. The van der Waals surface area contributed by atoms with Crippen LogP contribution in [-0.2, 0) is 4.57 Å². The number of ether oxygens (including phenoxy) is 1. The largest absolute Gasteiger partial charge is 0.497 e. The lowest BCUT2D eigenvalue weighted by Crippen LogP contribution is -2.34. The van der Waals surface area contributed by atoms with Gasteiger partial charge in [-0.1, -0.05) is 12.5 Å². The Morgan fingerprint density at radius 1 is 1.26 bits per heavy atom. The van der Waals surface area contributed by atoms with Crippen molar-refractivity contribution < 1.29 is 14.2 Å². The fourth-order valence-electron chi connectivity index (χ4n) is 3.08. The van der Waals surface area contributed by atoms with Crippen LogP contribution in [0.5, 0.6) is 5.75 Å². The Morgan fingerprint density at radius 3 is 2.70 bits per heavy atom. The van der Waals surface area contributed by atoms with Crippen molar-refractivity contribution in [3.63, 3.8) is 0 Å². The molecule has 1 fully saturated rings. The van der Waals surface area contributed by atoms with Gasteiger partial charge in [0.2, 0.25) is 0 Å². The average Bonchev–Trinajstić information content (AvgIpc) is 2.62. The first kappa shape index (κ1) is 16.2. The normalized spacial score (nSPS) is 21.6. The maximum atomic E-state index is 13.2. The molecule has 1 aliphatic heterocycles. The number of pyridine rings is 1. The summed E-state index contributed by atoms with van der Waals surface area (Å²) < 4.78 is 20.0. The minimum atomic E-state index is -3.62. The van der Waals surface area contributed by atoms with E-state index in [0.717, 1.165) is 24.8 Å². The van der Waals surface area contributed by atoms with Gasteiger partial charge in [0.1, 0.15) is 5.75 Å². The number of hydrogen-bond donors (Lipinski definition) is 1. The van der Waals surface area contributed by atoms with E-state index in [2.05, 4.69) is 4.98 Å². The summed E-state index contributed by atoms with van der Waals surface area (Å²) >= 11 is 0. The monoisotopic (exact) mass is 332 g/mol. The molecule has 0 spiro atoms. The lowest BCUT2D eigenvalue weighted by molar-refractivity contribution is 0.232. The Hall–Kier alpha value is -1.68. The molecule has 2 atom stereocenters. The van der Waals surface area contributed by atoms with E-state index in [-0.39, 0.29) is 6.04 Å². The van der Waals surface area contributed by atoms with Gasteiger partial charge in [0.05, 0.1) is 12.4 Å². The molecule has 5 nitrogen and oxygen atoms in total. The molecule has 0 amide bonds. The molecule has 1 N–H and O–H groups in total. The highest BCUT2D eigenvalue weighted by Crippen LogP contribution is 2.52. The lowest BCUT2D eigenvalue weighted by atomic mass is 9.99. The molecule has 23 heavy (non-hydrogen) atoms. The Labute approximate surface area is 136 Å². The van der Waals surface area contributed by atoms with Crippen LogP contribution in [-0.4, -0.2) is 28.2 Å². The number of nitrogens with zero attached hydrogens (tertiary/aromatic N) is 2. The van der Waals surface area contributed by atoms with Gasteiger partial charge >= 0.3 is 0 Å². The third-order valence-electron chi connectivity index (χ3n) is 4.30. The summed E-state index contributed by atoms with van der Waals surface area (Å²) in [7, 11) is -2.04. The maximum Gasteiger partial charge on any atom is 0.300 e. The Balaban J connectivity index is 1.93. The molecule has 2 heterocycles. The van der Waals surface area contributed by atoms with E-state index < -0.39 is 7.52 Å². The van der Waals surface area contributed by atoms with Crippen LogP contribution in [0.4, 0.5) is 0 Å². The number of rotatable bonds is 4.